The summed E-state index contributed by atoms with van der Waals surface area (Å²) < 4.78 is 21.4. The van der Waals surface area contributed by atoms with E-state index in [0.29, 0.717) is 58.3 Å². The van der Waals surface area contributed by atoms with Gasteiger partial charge in [0.1, 0.15) is 30.2 Å². The smallest absolute Gasteiger partial charge is 0.287 e. The van der Waals surface area contributed by atoms with Crippen LogP contribution in [0.3, 0.4) is 0 Å². The maximum Gasteiger partial charge on any atom is 0.287 e. The second-order valence-corrected chi connectivity index (χ2v) is 9.09. The average Bonchev–Trinajstić information content (AvgIpc) is 3.27. The van der Waals surface area contributed by atoms with E-state index in [1.165, 1.54) is 29.7 Å². The average molecular weight is 493 g/mol. The number of nitrogens with zero attached hydrogens (tertiary/aromatic N) is 4. The molecule has 0 unspecified atom stereocenters. The van der Waals surface area contributed by atoms with Crippen LogP contribution in [0.25, 0.3) is 10.1 Å². The standard InChI is InChI=1S/C25H21FN4O4S/c26-20-7-4-8-21-23(20)19(16-34-18-5-2-1-3-6-18)24(35-21)25(31)29-13-11-28(12-14-29)22-10-9-17(15-27-22)30(32)33/h1-10,15H,11-14,16H2. The van der Waals surface area contributed by atoms with Crippen molar-refractivity contribution in [1.82, 2.24) is 9.88 Å². The summed E-state index contributed by atoms with van der Waals surface area (Å²) >= 11 is 1.28. The normalized spacial score (nSPS) is 13.7. The van der Waals surface area contributed by atoms with Crippen molar-refractivity contribution in [3.8, 4) is 5.75 Å². The number of amides is 1. The van der Waals surface area contributed by atoms with Gasteiger partial charge in [-0.15, -0.1) is 11.3 Å². The number of rotatable bonds is 6. The maximum atomic E-state index is 14.8. The van der Waals surface area contributed by atoms with Crippen LogP contribution in [0, 0.1) is 15.9 Å². The highest BCUT2D eigenvalue weighted by Crippen LogP contribution is 2.35. The molecule has 1 aliphatic rings. The molecule has 0 spiro atoms. The van der Waals surface area contributed by atoms with E-state index in [-0.39, 0.29) is 24.0 Å². The molecule has 1 fully saturated rings. The minimum atomic E-state index is -0.486. The van der Waals surface area contributed by atoms with Gasteiger partial charge in [-0.25, -0.2) is 9.37 Å². The molecule has 0 radical (unpaired) electrons. The van der Waals surface area contributed by atoms with Crippen LogP contribution in [0.1, 0.15) is 15.2 Å². The molecular weight excluding hydrogens is 471 g/mol. The first-order chi connectivity index (χ1) is 17.0. The summed E-state index contributed by atoms with van der Waals surface area (Å²) in [4.78, 5) is 32.3. The van der Waals surface area contributed by atoms with E-state index < -0.39 is 4.92 Å². The Balaban J connectivity index is 1.35. The molecule has 1 amide bonds. The van der Waals surface area contributed by atoms with Crippen molar-refractivity contribution in [2.45, 2.75) is 6.61 Å². The number of hydrogen-bond donors (Lipinski definition) is 0. The molecule has 3 heterocycles. The Morgan fingerprint density at radius 3 is 2.51 bits per heavy atom. The monoisotopic (exact) mass is 492 g/mol. The number of nitro groups is 1. The molecule has 2 aromatic heterocycles. The van der Waals surface area contributed by atoms with Crippen molar-refractivity contribution in [3.63, 3.8) is 0 Å². The number of piperazine rings is 1. The first-order valence-electron chi connectivity index (χ1n) is 11.0. The van der Waals surface area contributed by atoms with Gasteiger partial charge in [-0.3, -0.25) is 14.9 Å². The summed E-state index contributed by atoms with van der Waals surface area (Å²) in [5, 5.41) is 11.3. The fraction of sp³-hybridized carbons (Fsp3) is 0.200. The maximum absolute atomic E-state index is 14.8. The summed E-state index contributed by atoms with van der Waals surface area (Å²) in [5.41, 5.74) is 0.487. The number of halogens is 1. The van der Waals surface area contributed by atoms with Gasteiger partial charge in [0.15, 0.2) is 0 Å². The van der Waals surface area contributed by atoms with Crippen molar-refractivity contribution >= 4 is 38.8 Å². The van der Waals surface area contributed by atoms with E-state index in [4.69, 9.17) is 4.74 Å². The topological polar surface area (TPSA) is 88.8 Å². The molecular formula is C25H21FN4O4S. The van der Waals surface area contributed by atoms with Crippen molar-refractivity contribution < 1.29 is 18.8 Å². The van der Waals surface area contributed by atoms with Crippen LogP contribution in [-0.4, -0.2) is 46.9 Å². The Bertz CT molecular complexity index is 1370. The zero-order valence-corrected chi connectivity index (χ0v) is 19.4. The molecule has 10 heteroatoms. The zero-order chi connectivity index (χ0) is 24.4. The van der Waals surface area contributed by atoms with E-state index >= 15 is 0 Å². The van der Waals surface area contributed by atoms with E-state index in [1.807, 2.05) is 41.3 Å². The van der Waals surface area contributed by atoms with Gasteiger partial charge < -0.3 is 14.5 Å². The van der Waals surface area contributed by atoms with Crippen LogP contribution in [0.4, 0.5) is 15.9 Å². The van der Waals surface area contributed by atoms with Crippen molar-refractivity contribution in [1.29, 1.82) is 0 Å². The van der Waals surface area contributed by atoms with Crippen LogP contribution in [-0.2, 0) is 6.61 Å². The predicted octanol–water partition coefficient (Wildman–Crippen LogP) is 4.89. The fourth-order valence-corrected chi connectivity index (χ4v) is 5.30. The van der Waals surface area contributed by atoms with Crippen LogP contribution >= 0.6 is 11.3 Å². The number of pyridine rings is 1. The van der Waals surface area contributed by atoms with Crippen LogP contribution in [0.2, 0.25) is 0 Å². The van der Waals surface area contributed by atoms with Crippen LogP contribution < -0.4 is 9.64 Å². The highest BCUT2D eigenvalue weighted by molar-refractivity contribution is 7.21. The molecule has 0 bridgehead atoms. The second kappa shape index (κ2) is 9.67. The Morgan fingerprint density at radius 2 is 1.83 bits per heavy atom. The quantitative estimate of drug-likeness (QED) is 0.281. The lowest BCUT2D eigenvalue weighted by Crippen LogP contribution is -2.49. The minimum absolute atomic E-state index is 0.0650. The lowest BCUT2D eigenvalue weighted by Gasteiger charge is -2.35. The lowest BCUT2D eigenvalue weighted by molar-refractivity contribution is -0.385. The predicted molar refractivity (Wildman–Crippen MR) is 132 cm³/mol. The van der Waals surface area contributed by atoms with Gasteiger partial charge in [-0.2, -0.15) is 0 Å². The third kappa shape index (κ3) is 4.65. The van der Waals surface area contributed by atoms with Crippen LogP contribution in [0.5, 0.6) is 5.75 Å². The van der Waals surface area contributed by atoms with E-state index in [9.17, 15) is 19.3 Å². The van der Waals surface area contributed by atoms with Crippen molar-refractivity contribution in [2.24, 2.45) is 0 Å². The Kier molecular flexibility index (Phi) is 6.28. The highest BCUT2D eigenvalue weighted by Gasteiger charge is 2.28. The Hall–Kier alpha value is -4.05. The molecule has 0 atom stereocenters. The summed E-state index contributed by atoms with van der Waals surface area (Å²) in [5.74, 6) is 0.737. The highest BCUT2D eigenvalue weighted by atomic mass is 32.1. The first kappa shape index (κ1) is 22.7. The number of benzene rings is 2. The Labute approximate surface area is 204 Å². The number of aromatic nitrogens is 1. The number of fused-ring (bicyclic) bond motifs is 1. The molecule has 8 nitrogen and oxygen atoms in total. The third-order valence-corrected chi connectivity index (χ3v) is 7.10. The van der Waals surface area contributed by atoms with Crippen molar-refractivity contribution in [2.75, 3.05) is 31.1 Å². The van der Waals surface area contributed by atoms with Gasteiger partial charge in [0.25, 0.3) is 11.6 Å². The number of carbonyl (C=O) groups is 1. The van der Waals surface area contributed by atoms with E-state index in [2.05, 4.69) is 4.98 Å². The number of thiophene rings is 1. The van der Waals surface area contributed by atoms with Gasteiger partial charge in [0, 0.05) is 47.9 Å². The number of ether oxygens (including phenoxy) is 1. The van der Waals surface area contributed by atoms with E-state index in [0.717, 1.165) is 0 Å². The zero-order valence-electron chi connectivity index (χ0n) is 18.6. The van der Waals surface area contributed by atoms with E-state index in [1.54, 1.807) is 17.0 Å². The molecule has 1 saturated heterocycles. The van der Waals surface area contributed by atoms with Gasteiger partial charge in [0.05, 0.1) is 9.80 Å². The molecule has 178 valence electrons. The number of para-hydroxylation sites is 1. The molecule has 0 saturated carbocycles. The first-order valence-corrected chi connectivity index (χ1v) is 11.9. The molecule has 0 N–H and O–H groups in total. The molecule has 0 aliphatic carbocycles. The fourth-order valence-electron chi connectivity index (χ4n) is 4.11. The summed E-state index contributed by atoms with van der Waals surface area (Å²) in [6.45, 7) is 2.05. The Morgan fingerprint density at radius 1 is 1.06 bits per heavy atom. The molecule has 4 aromatic rings. The molecule has 2 aromatic carbocycles. The van der Waals surface area contributed by atoms with Gasteiger partial charge in [-0.1, -0.05) is 24.3 Å². The van der Waals surface area contributed by atoms with Gasteiger partial charge in [-0.05, 0) is 30.3 Å². The van der Waals surface area contributed by atoms with Crippen molar-refractivity contribution in [3.05, 3.63) is 93.2 Å². The van der Waals surface area contributed by atoms with Gasteiger partial charge in [0.2, 0.25) is 0 Å². The number of hydrogen-bond acceptors (Lipinski definition) is 7. The summed E-state index contributed by atoms with van der Waals surface area (Å²) in [6.07, 6.45) is 1.23. The number of carbonyl (C=O) groups excluding carboxylic acids is 1. The number of anilines is 1. The summed E-state index contributed by atoms with van der Waals surface area (Å²) in [7, 11) is 0. The largest absolute Gasteiger partial charge is 0.489 e. The minimum Gasteiger partial charge on any atom is -0.489 e. The SMILES string of the molecule is O=C(c1sc2cccc(F)c2c1COc1ccccc1)N1CCN(c2ccc([N+](=O)[O-])cn2)CC1. The van der Waals surface area contributed by atoms with Crippen LogP contribution in [0.15, 0.2) is 66.9 Å². The third-order valence-electron chi connectivity index (χ3n) is 5.92. The molecule has 5 rings (SSSR count). The molecule has 35 heavy (non-hydrogen) atoms. The summed E-state index contributed by atoms with van der Waals surface area (Å²) in [6, 6.07) is 17.1. The second-order valence-electron chi connectivity index (χ2n) is 8.04. The van der Waals surface area contributed by atoms with Gasteiger partial charge >= 0.3 is 0 Å². The lowest BCUT2D eigenvalue weighted by atomic mass is 10.1. The molecule has 1 aliphatic heterocycles.